The smallest absolute Gasteiger partial charge is 0.189 e. The van der Waals surface area contributed by atoms with Gasteiger partial charge in [0.25, 0.3) is 0 Å². The number of likely N-dealkylation sites (N-methyl/N-ethyl adjacent to an activating group) is 1. The first-order chi connectivity index (χ1) is 10.8. The van der Waals surface area contributed by atoms with Crippen LogP contribution in [-0.4, -0.2) is 59.2 Å². The molecular formula is C18H25N3O2. The first-order valence-corrected chi connectivity index (χ1v) is 8.05. The van der Waals surface area contributed by atoms with Gasteiger partial charge in [-0.15, -0.1) is 0 Å². The third kappa shape index (κ3) is 3.17. The number of fused-ring (bicyclic) bond motifs is 1. The number of aryl methyl sites for hydroxylation is 2. The van der Waals surface area contributed by atoms with Crippen LogP contribution in [0.2, 0.25) is 0 Å². The molecule has 1 fully saturated rings. The minimum Gasteiger partial charge on any atom is -0.390 e. The first kappa shape index (κ1) is 16.2. The molecule has 1 aromatic carbocycles. The molecule has 2 aromatic rings. The van der Waals surface area contributed by atoms with Gasteiger partial charge in [0, 0.05) is 42.8 Å². The van der Waals surface area contributed by atoms with Crippen LogP contribution in [-0.2, 0) is 6.54 Å². The Kier molecular flexibility index (Phi) is 4.27. The van der Waals surface area contributed by atoms with Gasteiger partial charge in [0.15, 0.2) is 5.43 Å². The van der Waals surface area contributed by atoms with Gasteiger partial charge >= 0.3 is 0 Å². The Morgan fingerprint density at radius 3 is 2.65 bits per heavy atom. The number of nitrogens with zero attached hydrogens (tertiary/aromatic N) is 2. The Labute approximate surface area is 136 Å². The number of aromatic amines is 1. The maximum atomic E-state index is 12.4. The molecule has 0 bridgehead atoms. The molecule has 1 saturated heterocycles. The molecule has 0 radical (unpaired) electrons. The van der Waals surface area contributed by atoms with E-state index in [-0.39, 0.29) is 17.6 Å². The van der Waals surface area contributed by atoms with Gasteiger partial charge in [0.05, 0.1) is 11.6 Å². The molecule has 5 heteroatoms. The van der Waals surface area contributed by atoms with Crippen LogP contribution >= 0.6 is 0 Å². The van der Waals surface area contributed by atoms with Crippen molar-refractivity contribution in [2.24, 2.45) is 0 Å². The fourth-order valence-corrected chi connectivity index (χ4v) is 3.57. The monoisotopic (exact) mass is 315 g/mol. The quantitative estimate of drug-likeness (QED) is 0.895. The average molecular weight is 315 g/mol. The number of β-amino-alcohol motifs (C(OH)–C–C–N with tert-alkyl or cyclic N) is 1. The number of benzene rings is 1. The molecule has 1 aliphatic rings. The molecule has 0 unspecified atom stereocenters. The van der Waals surface area contributed by atoms with Crippen molar-refractivity contribution in [3.63, 3.8) is 0 Å². The summed E-state index contributed by atoms with van der Waals surface area (Å²) in [7, 11) is 3.97. The Morgan fingerprint density at radius 1 is 1.26 bits per heavy atom. The van der Waals surface area contributed by atoms with Crippen molar-refractivity contribution in [3.05, 3.63) is 45.2 Å². The van der Waals surface area contributed by atoms with Crippen molar-refractivity contribution in [1.82, 2.24) is 14.8 Å². The lowest BCUT2D eigenvalue weighted by Gasteiger charge is -2.21. The number of pyridine rings is 1. The number of likely N-dealkylation sites (tertiary alicyclic amines) is 1. The molecule has 0 spiro atoms. The fraction of sp³-hybridized carbons (Fsp3) is 0.500. The van der Waals surface area contributed by atoms with Gasteiger partial charge in [0.1, 0.15) is 0 Å². The number of aliphatic hydroxyl groups excluding tert-OH is 1. The lowest BCUT2D eigenvalue weighted by Crippen LogP contribution is -2.37. The molecule has 2 N–H and O–H groups in total. The number of rotatable bonds is 3. The minimum absolute atomic E-state index is 0.0597. The van der Waals surface area contributed by atoms with Crippen LogP contribution in [0.3, 0.4) is 0 Å². The Morgan fingerprint density at radius 2 is 2.00 bits per heavy atom. The lowest BCUT2D eigenvalue weighted by molar-refractivity contribution is 0.112. The van der Waals surface area contributed by atoms with Crippen LogP contribution in [0.1, 0.15) is 16.8 Å². The second-order valence-corrected chi connectivity index (χ2v) is 6.96. The summed E-state index contributed by atoms with van der Waals surface area (Å²) in [4.78, 5) is 20.1. The highest BCUT2D eigenvalue weighted by atomic mass is 16.3. The van der Waals surface area contributed by atoms with E-state index in [1.807, 2.05) is 34.0 Å². The highest BCUT2D eigenvalue weighted by molar-refractivity contribution is 5.82. The summed E-state index contributed by atoms with van der Waals surface area (Å²) in [6, 6.07) is 5.86. The normalized spacial score (nSPS) is 22.3. The summed E-state index contributed by atoms with van der Waals surface area (Å²) in [6.07, 6.45) is -0.346. The predicted octanol–water partition coefficient (Wildman–Crippen LogP) is 1.25. The van der Waals surface area contributed by atoms with Crippen molar-refractivity contribution in [2.75, 3.05) is 27.2 Å². The molecule has 23 heavy (non-hydrogen) atoms. The first-order valence-electron chi connectivity index (χ1n) is 8.05. The van der Waals surface area contributed by atoms with E-state index in [2.05, 4.69) is 20.9 Å². The van der Waals surface area contributed by atoms with Crippen LogP contribution in [0, 0.1) is 13.8 Å². The van der Waals surface area contributed by atoms with E-state index in [0.29, 0.717) is 13.1 Å². The maximum Gasteiger partial charge on any atom is 0.189 e. The van der Waals surface area contributed by atoms with E-state index in [9.17, 15) is 9.90 Å². The van der Waals surface area contributed by atoms with Gasteiger partial charge in [-0.05, 0) is 45.1 Å². The van der Waals surface area contributed by atoms with Gasteiger partial charge in [-0.25, -0.2) is 0 Å². The van der Waals surface area contributed by atoms with Crippen LogP contribution in [0.5, 0.6) is 0 Å². The summed E-state index contributed by atoms with van der Waals surface area (Å²) < 4.78 is 0. The zero-order valence-corrected chi connectivity index (χ0v) is 14.3. The van der Waals surface area contributed by atoms with Crippen LogP contribution < -0.4 is 5.43 Å². The van der Waals surface area contributed by atoms with Crippen molar-refractivity contribution in [1.29, 1.82) is 0 Å². The summed E-state index contributed by atoms with van der Waals surface area (Å²) in [5, 5.41) is 10.9. The number of H-pyrrole nitrogens is 1. The SMILES string of the molecule is Cc1cc(C)c2[nH]c(CN3C[C@@H](O)[C@H](N(C)C)C3)cc(=O)c2c1. The minimum atomic E-state index is -0.346. The summed E-state index contributed by atoms with van der Waals surface area (Å²) in [5.41, 5.74) is 4.07. The second kappa shape index (κ2) is 6.07. The molecule has 2 atom stereocenters. The van der Waals surface area contributed by atoms with Gasteiger partial charge in [0.2, 0.25) is 0 Å². The largest absolute Gasteiger partial charge is 0.390 e. The van der Waals surface area contributed by atoms with E-state index in [4.69, 9.17) is 0 Å². The molecule has 0 aliphatic carbocycles. The molecule has 0 amide bonds. The number of aliphatic hydroxyl groups is 1. The number of hydrogen-bond donors (Lipinski definition) is 2. The predicted molar refractivity (Wildman–Crippen MR) is 92.8 cm³/mol. The molecule has 0 saturated carbocycles. The number of aromatic nitrogens is 1. The molecule has 3 rings (SSSR count). The molecule has 1 aliphatic heterocycles. The van der Waals surface area contributed by atoms with Crippen molar-refractivity contribution in [2.45, 2.75) is 32.5 Å². The van der Waals surface area contributed by atoms with E-state index in [1.54, 1.807) is 6.07 Å². The molecule has 5 nitrogen and oxygen atoms in total. The highest BCUT2D eigenvalue weighted by Crippen LogP contribution is 2.19. The third-order valence-electron chi connectivity index (χ3n) is 4.73. The summed E-state index contributed by atoms with van der Waals surface area (Å²) >= 11 is 0. The number of hydrogen-bond acceptors (Lipinski definition) is 4. The van der Waals surface area contributed by atoms with Crippen LogP contribution in [0.4, 0.5) is 0 Å². The van der Waals surface area contributed by atoms with Gasteiger partial charge in [-0.1, -0.05) is 6.07 Å². The Hall–Kier alpha value is -1.69. The van der Waals surface area contributed by atoms with Crippen molar-refractivity contribution < 1.29 is 5.11 Å². The van der Waals surface area contributed by atoms with Crippen molar-refractivity contribution >= 4 is 10.9 Å². The molecule has 1 aromatic heterocycles. The third-order valence-corrected chi connectivity index (χ3v) is 4.73. The zero-order valence-electron chi connectivity index (χ0n) is 14.3. The molecule has 124 valence electrons. The average Bonchev–Trinajstić information content (AvgIpc) is 2.81. The fourth-order valence-electron chi connectivity index (χ4n) is 3.57. The van der Waals surface area contributed by atoms with Gasteiger partial charge < -0.3 is 15.0 Å². The van der Waals surface area contributed by atoms with Gasteiger partial charge in [-0.2, -0.15) is 0 Å². The Bertz CT molecular complexity index is 782. The van der Waals surface area contributed by atoms with Crippen LogP contribution in [0.25, 0.3) is 10.9 Å². The maximum absolute atomic E-state index is 12.4. The van der Waals surface area contributed by atoms with E-state index in [1.165, 1.54) is 0 Å². The Balaban J connectivity index is 1.89. The van der Waals surface area contributed by atoms with E-state index < -0.39 is 0 Å². The molecule has 2 heterocycles. The molecular weight excluding hydrogens is 290 g/mol. The number of nitrogens with one attached hydrogen (secondary N) is 1. The van der Waals surface area contributed by atoms with E-state index >= 15 is 0 Å². The second-order valence-electron chi connectivity index (χ2n) is 6.96. The van der Waals surface area contributed by atoms with Crippen molar-refractivity contribution in [3.8, 4) is 0 Å². The summed E-state index contributed by atoms with van der Waals surface area (Å²) in [6.45, 7) is 6.13. The van der Waals surface area contributed by atoms with E-state index in [0.717, 1.165) is 34.3 Å². The highest BCUT2D eigenvalue weighted by Gasteiger charge is 2.32. The topological polar surface area (TPSA) is 59.6 Å². The van der Waals surface area contributed by atoms with Gasteiger partial charge in [-0.3, -0.25) is 9.69 Å². The summed E-state index contributed by atoms with van der Waals surface area (Å²) in [5.74, 6) is 0. The standard InChI is InChI=1S/C18H25N3O2/c1-11-5-12(2)18-14(6-11)16(22)7-13(19-18)8-21-9-15(20(3)4)17(23)10-21/h5-7,15,17,23H,8-10H2,1-4H3,(H,19,22)/t15-,17-/m1/s1. The zero-order chi connectivity index (χ0) is 16.7. The lowest BCUT2D eigenvalue weighted by atomic mass is 10.1. The van der Waals surface area contributed by atoms with Crippen LogP contribution in [0.15, 0.2) is 23.0 Å².